The second-order valence-corrected chi connectivity index (χ2v) is 7.22. The molecule has 0 spiro atoms. The first-order chi connectivity index (χ1) is 12.4. The van der Waals surface area contributed by atoms with Gasteiger partial charge in [-0.1, -0.05) is 19.0 Å². The topological polar surface area (TPSA) is 84.2 Å². The second-order valence-electron chi connectivity index (χ2n) is 7.22. The Bertz CT molecular complexity index is 784. The van der Waals surface area contributed by atoms with Gasteiger partial charge in [0, 0.05) is 43.4 Å². The lowest BCUT2D eigenvalue weighted by molar-refractivity contribution is 0.205. The fourth-order valence-corrected chi connectivity index (χ4v) is 3.20. The van der Waals surface area contributed by atoms with Crippen LogP contribution in [0.25, 0.3) is 0 Å². The van der Waals surface area contributed by atoms with E-state index in [2.05, 4.69) is 20.4 Å². The summed E-state index contributed by atoms with van der Waals surface area (Å²) < 4.78 is 5.27. The van der Waals surface area contributed by atoms with Gasteiger partial charge in [-0.3, -0.25) is 0 Å². The maximum atomic E-state index is 12.2. The van der Waals surface area contributed by atoms with E-state index in [1.54, 1.807) is 11.9 Å². The van der Waals surface area contributed by atoms with Crippen molar-refractivity contribution in [1.82, 2.24) is 25.3 Å². The van der Waals surface area contributed by atoms with Gasteiger partial charge < -0.3 is 14.7 Å². The number of nitrogens with one attached hydrogen (secondary N) is 1. The third-order valence-corrected chi connectivity index (χ3v) is 4.70. The van der Waals surface area contributed by atoms with Crippen molar-refractivity contribution in [1.29, 1.82) is 0 Å². The Morgan fingerprint density at radius 2 is 2.15 bits per heavy atom. The minimum atomic E-state index is -0.142. The molecule has 7 nitrogen and oxygen atoms in total. The zero-order valence-electron chi connectivity index (χ0n) is 16.0. The number of amides is 2. The number of aryl methyl sites for hydroxylation is 2. The summed E-state index contributed by atoms with van der Waals surface area (Å²) in [5, 5.41) is 6.93. The number of urea groups is 1. The highest BCUT2D eigenvalue weighted by molar-refractivity contribution is 5.73. The molecule has 0 aliphatic heterocycles. The number of rotatable bonds is 6. The third kappa shape index (κ3) is 4.20. The molecule has 0 aromatic carbocycles. The Labute approximate surface area is 154 Å². The Hall–Kier alpha value is -2.44. The minimum Gasteiger partial charge on any atom is -0.361 e. The van der Waals surface area contributed by atoms with E-state index in [0.29, 0.717) is 19.5 Å². The molecule has 0 saturated carbocycles. The SMILES string of the molecule is Cc1nc(CCNC(=O)N(C)Cc2cc(C(C)C)on2)nc2c1CCC2. The van der Waals surface area contributed by atoms with Crippen molar-refractivity contribution in [3.05, 3.63) is 40.3 Å². The van der Waals surface area contributed by atoms with Crippen LogP contribution in [-0.2, 0) is 25.8 Å². The first-order valence-electron chi connectivity index (χ1n) is 9.23. The molecular formula is C19H27N5O2. The summed E-state index contributed by atoms with van der Waals surface area (Å²) in [7, 11) is 1.75. The average Bonchev–Trinajstić information content (AvgIpc) is 3.24. The van der Waals surface area contributed by atoms with Gasteiger partial charge in [-0.2, -0.15) is 0 Å². The average molecular weight is 357 g/mol. The van der Waals surface area contributed by atoms with Crippen molar-refractivity contribution < 1.29 is 9.32 Å². The summed E-state index contributed by atoms with van der Waals surface area (Å²) in [6.45, 7) is 7.06. The van der Waals surface area contributed by atoms with Crippen LogP contribution in [0.4, 0.5) is 4.79 Å². The molecule has 1 N–H and O–H groups in total. The van der Waals surface area contributed by atoms with E-state index in [9.17, 15) is 4.79 Å². The zero-order chi connectivity index (χ0) is 18.7. The van der Waals surface area contributed by atoms with Gasteiger partial charge in [0.2, 0.25) is 0 Å². The summed E-state index contributed by atoms with van der Waals surface area (Å²) in [4.78, 5) is 23.1. The van der Waals surface area contributed by atoms with E-state index in [0.717, 1.165) is 42.2 Å². The van der Waals surface area contributed by atoms with Crippen LogP contribution in [0.3, 0.4) is 0 Å². The number of aromatic nitrogens is 3. The van der Waals surface area contributed by atoms with Crippen molar-refractivity contribution in [2.75, 3.05) is 13.6 Å². The molecule has 0 fully saturated rings. The van der Waals surface area contributed by atoms with Crippen molar-refractivity contribution in [2.24, 2.45) is 0 Å². The minimum absolute atomic E-state index is 0.142. The Morgan fingerprint density at radius 3 is 2.88 bits per heavy atom. The first kappa shape index (κ1) is 18.4. The van der Waals surface area contributed by atoms with Crippen LogP contribution in [0, 0.1) is 6.92 Å². The maximum Gasteiger partial charge on any atom is 0.317 e. The number of hydrogen-bond acceptors (Lipinski definition) is 5. The van der Waals surface area contributed by atoms with E-state index in [-0.39, 0.29) is 11.9 Å². The summed E-state index contributed by atoms with van der Waals surface area (Å²) in [6.07, 6.45) is 3.92. The second kappa shape index (κ2) is 7.85. The van der Waals surface area contributed by atoms with Crippen LogP contribution in [0.2, 0.25) is 0 Å². The number of nitrogens with zero attached hydrogens (tertiary/aromatic N) is 4. The Balaban J connectivity index is 1.48. The molecule has 2 aromatic heterocycles. The highest BCUT2D eigenvalue weighted by atomic mass is 16.5. The van der Waals surface area contributed by atoms with Gasteiger partial charge in [0.15, 0.2) is 0 Å². The fourth-order valence-electron chi connectivity index (χ4n) is 3.20. The number of carbonyl (C=O) groups is 1. The van der Waals surface area contributed by atoms with Gasteiger partial charge in [0.25, 0.3) is 0 Å². The highest BCUT2D eigenvalue weighted by Crippen LogP contribution is 2.22. The van der Waals surface area contributed by atoms with Gasteiger partial charge in [-0.05, 0) is 31.7 Å². The van der Waals surface area contributed by atoms with E-state index < -0.39 is 0 Å². The lowest BCUT2D eigenvalue weighted by atomic mass is 10.1. The predicted octanol–water partition coefficient (Wildman–Crippen LogP) is 2.77. The molecule has 2 amide bonds. The van der Waals surface area contributed by atoms with Crippen LogP contribution in [0.5, 0.6) is 0 Å². The van der Waals surface area contributed by atoms with Gasteiger partial charge in [-0.25, -0.2) is 14.8 Å². The Morgan fingerprint density at radius 1 is 1.35 bits per heavy atom. The molecule has 0 unspecified atom stereocenters. The van der Waals surface area contributed by atoms with Gasteiger partial charge in [-0.15, -0.1) is 0 Å². The van der Waals surface area contributed by atoms with E-state index in [1.165, 1.54) is 11.3 Å². The van der Waals surface area contributed by atoms with Crippen LogP contribution >= 0.6 is 0 Å². The summed E-state index contributed by atoms with van der Waals surface area (Å²) in [5.41, 5.74) is 4.33. The number of carbonyl (C=O) groups excluding carboxylic acids is 1. The molecular weight excluding hydrogens is 330 g/mol. The molecule has 26 heavy (non-hydrogen) atoms. The molecule has 7 heteroatoms. The van der Waals surface area contributed by atoms with Crippen molar-refractivity contribution >= 4 is 6.03 Å². The molecule has 0 atom stereocenters. The lowest BCUT2D eigenvalue weighted by Crippen LogP contribution is -2.38. The number of hydrogen-bond donors (Lipinski definition) is 1. The van der Waals surface area contributed by atoms with Crippen LogP contribution < -0.4 is 5.32 Å². The molecule has 0 radical (unpaired) electrons. The van der Waals surface area contributed by atoms with Gasteiger partial charge in [0.05, 0.1) is 6.54 Å². The first-order valence-corrected chi connectivity index (χ1v) is 9.23. The summed E-state index contributed by atoms with van der Waals surface area (Å²) in [6, 6.07) is 1.76. The molecule has 140 valence electrons. The molecule has 0 saturated heterocycles. The summed E-state index contributed by atoms with van der Waals surface area (Å²) >= 11 is 0. The molecule has 1 aliphatic rings. The lowest BCUT2D eigenvalue weighted by Gasteiger charge is -2.16. The third-order valence-electron chi connectivity index (χ3n) is 4.70. The van der Waals surface area contributed by atoms with Crippen LogP contribution in [0.15, 0.2) is 10.6 Å². The van der Waals surface area contributed by atoms with Gasteiger partial charge in [0.1, 0.15) is 17.3 Å². The summed E-state index contributed by atoms with van der Waals surface area (Å²) in [5.74, 6) is 1.92. The molecule has 1 aliphatic carbocycles. The monoisotopic (exact) mass is 357 g/mol. The zero-order valence-corrected chi connectivity index (χ0v) is 16.0. The van der Waals surface area contributed by atoms with Crippen molar-refractivity contribution in [3.63, 3.8) is 0 Å². The van der Waals surface area contributed by atoms with Crippen LogP contribution in [-0.4, -0.2) is 39.6 Å². The normalized spacial score (nSPS) is 13.1. The predicted molar refractivity (Wildman–Crippen MR) is 98.0 cm³/mol. The maximum absolute atomic E-state index is 12.2. The van der Waals surface area contributed by atoms with E-state index in [1.807, 2.05) is 26.8 Å². The highest BCUT2D eigenvalue weighted by Gasteiger charge is 2.17. The largest absolute Gasteiger partial charge is 0.361 e. The van der Waals surface area contributed by atoms with Crippen molar-refractivity contribution in [2.45, 2.75) is 58.9 Å². The van der Waals surface area contributed by atoms with Crippen molar-refractivity contribution in [3.8, 4) is 0 Å². The van der Waals surface area contributed by atoms with E-state index >= 15 is 0 Å². The van der Waals surface area contributed by atoms with E-state index in [4.69, 9.17) is 4.52 Å². The molecule has 3 rings (SSSR count). The van der Waals surface area contributed by atoms with Gasteiger partial charge >= 0.3 is 6.03 Å². The Kier molecular flexibility index (Phi) is 5.54. The van der Waals surface area contributed by atoms with Crippen LogP contribution in [0.1, 0.15) is 60.4 Å². The number of fused-ring (bicyclic) bond motifs is 1. The fraction of sp³-hybridized carbons (Fsp3) is 0.579. The smallest absolute Gasteiger partial charge is 0.317 e. The molecule has 2 heterocycles. The molecule has 0 bridgehead atoms. The quantitative estimate of drug-likeness (QED) is 0.859. The molecule has 2 aromatic rings. The standard InChI is InChI=1S/C19H27N5O2/c1-12(2)17-10-14(23-26-17)11-24(4)19(25)20-9-8-18-21-13(3)15-6-5-7-16(15)22-18/h10,12H,5-9,11H2,1-4H3,(H,20,25).